The molecule has 0 radical (unpaired) electrons. The van der Waals surface area contributed by atoms with Gasteiger partial charge in [0.05, 0.1) is 18.3 Å². The van der Waals surface area contributed by atoms with Crippen molar-refractivity contribution in [3.05, 3.63) is 0 Å². The molecule has 1 unspecified atom stereocenters. The van der Waals surface area contributed by atoms with E-state index in [1.807, 2.05) is 0 Å². The maximum Gasteiger partial charge on any atom is 0.0894 e. The first-order valence-corrected chi connectivity index (χ1v) is 4.77. The fourth-order valence-electron chi connectivity index (χ4n) is 1.56. The second-order valence-electron chi connectivity index (χ2n) is 3.71. The van der Waals surface area contributed by atoms with Crippen molar-refractivity contribution in [2.75, 3.05) is 26.8 Å². The first-order valence-electron chi connectivity index (χ1n) is 4.77. The number of aliphatic hydroxyl groups excluding tert-OH is 2. The van der Waals surface area contributed by atoms with Crippen molar-refractivity contribution in [1.29, 1.82) is 0 Å². The summed E-state index contributed by atoms with van der Waals surface area (Å²) >= 11 is 0. The van der Waals surface area contributed by atoms with Gasteiger partial charge in [0, 0.05) is 20.2 Å². The first-order chi connectivity index (χ1) is 6.22. The van der Waals surface area contributed by atoms with Crippen LogP contribution in [0.2, 0.25) is 0 Å². The lowest BCUT2D eigenvalue weighted by Crippen LogP contribution is -2.49. The maximum atomic E-state index is 9.06. The second kappa shape index (κ2) is 4.91. The van der Waals surface area contributed by atoms with Gasteiger partial charge in [-0.15, -0.1) is 0 Å². The van der Waals surface area contributed by atoms with Crippen LogP contribution < -0.4 is 5.32 Å². The van der Waals surface area contributed by atoms with Crippen LogP contribution in [0.3, 0.4) is 0 Å². The molecule has 0 saturated heterocycles. The van der Waals surface area contributed by atoms with E-state index in [2.05, 4.69) is 5.32 Å². The van der Waals surface area contributed by atoms with Crippen LogP contribution >= 0.6 is 0 Å². The van der Waals surface area contributed by atoms with Gasteiger partial charge in [0.25, 0.3) is 0 Å². The van der Waals surface area contributed by atoms with Crippen molar-refractivity contribution in [2.24, 2.45) is 0 Å². The van der Waals surface area contributed by atoms with Gasteiger partial charge in [-0.05, 0) is 19.3 Å². The van der Waals surface area contributed by atoms with E-state index in [-0.39, 0.29) is 12.2 Å². The Morgan fingerprint density at radius 1 is 1.54 bits per heavy atom. The molecular weight excluding hydrogens is 170 g/mol. The summed E-state index contributed by atoms with van der Waals surface area (Å²) in [6.45, 7) is 1.01. The fourth-order valence-corrected chi connectivity index (χ4v) is 1.56. The Labute approximate surface area is 78.9 Å². The zero-order valence-corrected chi connectivity index (χ0v) is 8.12. The molecule has 4 nitrogen and oxygen atoms in total. The van der Waals surface area contributed by atoms with E-state index in [1.54, 1.807) is 7.11 Å². The van der Waals surface area contributed by atoms with Gasteiger partial charge in [-0.25, -0.2) is 0 Å². The molecule has 1 aliphatic carbocycles. The Balaban J connectivity index is 2.10. The molecule has 0 aromatic rings. The fraction of sp³-hybridized carbons (Fsp3) is 1.00. The lowest BCUT2D eigenvalue weighted by molar-refractivity contribution is -0.0707. The third-order valence-corrected chi connectivity index (χ3v) is 2.74. The zero-order chi connectivity index (χ0) is 9.73. The first kappa shape index (κ1) is 10.9. The lowest BCUT2D eigenvalue weighted by Gasteiger charge is -2.40. The molecule has 0 spiro atoms. The van der Waals surface area contributed by atoms with Crippen molar-refractivity contribution in [3.63, 3.8) is 0 Å². The van der Waals surface area contributed by atoms with E-state index in [4.69, 9.17) is 14.9 Å². The lowest BCUT2D eigenvalue weighted by atomic mass is 9.80. The number of ether oxygens (including phenoxy) is 1. The van der Waals surface area contributed by atoms with E-state index in [9.17, 15) is 0 Å². The minimum absolute atomic E-state index is 0.00479. The molecule has 0 bridgehead atoms. The predicted octanol–water partition coefficient (Wildman–Crippen LogP) is -0.502. The molecule has 0 amide bonds. The molecule has 3 N–H and O–H groups in total. The zero-order valence-electron chi connectivity index (χ0n) is 8.12. The quantitative estimate of drug-likeness (QED) is 0.527. The van der Waals surface area contributed by atoms with Crippen LogP contribution in [0.25, 0.3) is 0 Å². The van der Waals surface area contributed by atoms with Gasteiger partial charge in [-0.3, -0.25) is 0 Å². The summed E-state index contributed by atoms with van der Waals surface area (Å²) in [4.78, 5) is 0. The Morgan fingerprint density at radius 2 is 2.23 bits per heavy atom. The number of nitrogens with one attached hydrogen (secondary N) is 1. The highest BCUT2D eigenvalue weighted by Gasteiger charge is 2.36. The van der Waals surface area contributed by atoms with Crippen molar-refractivity contribution in [2.45, 2.75) is 31.0 Å². The molecular formula is C9H19NO3. The summed E-state index contributed by atoms with van der Waals surface area (Å²) in [5, 5.41) is 20.7. The standard InChI is InChI=1S/C9H19NO3/c1-13-9(3-2-4-9)7-10-5-8(12)6-11/h8,10-12H,2-7H2,1H3. The minimum atomic E-state index is -0.658. The summed E-state index contributed by atoms with van der Waals surface area (Å²) in [6.07, 6.45) is 2.74. The largest absolute Gasteiger partial charge is 0.394 e. The Morgan fingerprint density at radius 3 is 2.62 bits per heavy atom. The molecule has 1 aliphatic rings. The highest BCUT2D eigenvalue weighted by Crippen LogP contribution is 2.34. The Kier molecular flexibility index (Phi) is 4.12. The molecule has 1 saturated carbocycles. The number of methoxy groups -OCH3 is 1. The normalized spacial score (nSPS) is 22.4. The Bertz CT molecular complexity index is 142. The van der Waals surface area contributed by atoms with E-state index < -0.39 is 6.10 Å². The molecule has 13 heavy (non-hydrogen) atoms. The molecule has 0 aliphatic heterocycles. The minimum Gasteiger partial charge on any atom is -0.394 e. The average molecular weight is 189 g/mol. The van der Waals surface area contributed by atoms with E-state index in [0.29, 0.717) is 6.54 Å². The van der Waals surface area contributed by atoms with Crippen molar-refractivity contribution in [3.8, 4) is 0 Å². The van der Waals surface area contributed by atoms with Crippen LogP contribution in [0, 0.1) is 0 Å². The molecule has 1 fully saturated rings. The van der Waals surface area contributed by atoms with Crippen molar-refractivity contribution in [1.82, 2.24) is 5.32 Å². The van der Waals surface area contributed by atoms with Gasteiger partial charge in [0.1, 0.15) is 0 Å². The van der Waals surface area contributed by atoms with Gasteiger partial charge in [-0.1, -0.05) is 0 Å². The van der Waals surface area contributed by atoms with Crippen LogP contribution in [0.5, 0.6) is 0 Å². The third kappa shape index (κ3) is 2.91. The highest BCUT2D eigenvalue weighted by atomic mass is 16.5. The SMILES string of the molecule is COC1(CNCC(O)CO)CCC1. The van der Waals surface area contributed by atoms with E-state index in [1.165, 1.54) is 6.42 Å². The predicted molar refractivity (Wildman–Crippen MR) is 49.6 cm³/mol. The number of hydrogen-bond donors (Lipinski definition) is 3. The maximum absolute atomic E-state index is 9.06. The molecule has 1 atom stereocenters. The summed E-state index contributed by atoms with van der Waals surface area (Å²) in [7, 11) is 1.73. The number of aliphatic hydroxyl groups is 2. The monoisotopic (exact) mass is 189 g/mol. The van der Waals surface area contributed by atoms with E-state index >= 15 is 0 Å². The summed E-state index contributed by atoms with van der Waals surface area (Å²) in [6, 6.07) is 0. The van der Waals surface area contributed by atoms with Crippen LogP contribution in [0.1, 0.15) is 19.3 Å². The van der Waals surface area contributed by atoms with Crippen molar-refractivity contribution >= 4 is 0 Å². The molecule has 1 rings (SSSR count). The van der Waals surface area contributed by atoms with E-state index in [0.717, 1.165) is 19.4 Å². The molecule has 0 aromatic heterocycles. The van der Waals surface area contributed by atoms with Crippen LogP contribution in [-0.2, 0) is 4.74 Å². The van der Waals surface area contributed by atoms with Crippen LogP contribution in [-0.4, -0.2) is 48.7 Å². The van der Waals surface area contributed by atoms with Crippen LogP contribution in [0.15, 0.2) is 0 Å². The number of hydrogen-bond acceptors (Lipinski definition) is 4. The molecule has 0 aromatic carbocycles. The average Bonchev–Trinajstić information content (AvgIpc) is 2.09. The summed E-state index contributed by atoms with van der Waals surface area (Å²) in [5.41, 5.74) is -0.00479. The van der Waals surface area contributed by atoms with Crippen LogP contribution in [0.4, 0.5) is 0 Å². The third-order valence-electron chi connectivity index (χ3n) is 2.74. The van der Waals surface area contributed by atoms with Gasteiger partial charge in [0.2, 0.25) is 0 Å². The second-order valence-corrected chi connectivity index (χ2v) is 3.71. The highest BCUT2D eigenvalue weighted by molar-refractivity contribution is 4.91. The molecule has 78 valence electrons. The smallest absolute Gasteiger partial charge is 0.0894 e. The molecule has 4 heteroatoms. The van der Waals surface area contributed by atoms with Crippen molar-refractivity contribution < 1.29 is 14.9 Å². The summed E-state index contributed by atoms with van der Waals surface area (Å²) in [5.74, 6) is 0. The topological polar surface area (TPSA) is 61.7 Å². The summed E-state index contributed by atoms with van der Waals surface area (Å²) < 4.78 is 5.38. The van der Waals surface area contributed by atoms with Gasteiger partial charge in [-0.2, -0.15) is 0 Å². The van der Waals surface area contributed by atoms with Gasteiger partial charge in [0.15, 0.2) is 0 Å². The number of rotatable bonds is 6. The van der Waals surface area contributed by atoms with Gasteiger partial charge >= 0.3 is 0 Å². The Hall–Kier alpha value is -0.160. The molecule has 0 heterocycles. The van der Waals surface area contributed by atoms with Gasteiger partial charge < -0.3 is 20.3 Å².